The number of hydrogen-bond acceptors (Lipinski definition) is 4. The minimum absolute atomic E-state index is 0.0363. The van der Waals surface area contributed by atoms with E-state index < -0.39 is 5.60 Å². The highest BCUT2D eigenvalue weighted by atomic mass is 16.5. The quantitative estimate of drug-likeness (QED) is 0.653. The molecule has 1 saturated heterocycles. The molecule has 5 heteroatoms. The molecular weight excluding hydrogens is 390 g/mol. The molecule has 0 saturated carbocycles. The van der Waals surface area contributed by atoms with E-state index >= 15 is 0 Å². The number of aromatic hydroxyl groups is 1. The van der Waals surface area contributed by atoms with Gasteiger partial charge in [0.15, 0.2) is 0 Å². The van der Waals surface area contributed by atoms with Crippen molar-refractivity contribution >= 4 is 5.91 Å². The largest absolute Gasteiger partial charge is 0.507 e. The number of carbonyl (C=O) groups is 1. The first-order valence-electron chi connectivity index (χ1n) is 10.5. The summed E-state index contributed by atoms with van der Waals surface area (Å²) in [5, 5.41) is 22.2. The lowest BCUT2D eigenvalue weighted by Gasteiger charge is -2.42. The summed E-state index contributed by atoms with van der Waals surface area (Å²) in [4.78, 5) is 14.7. The van der Waals surface area contributed by atoms with Crippen LogP contribution in [0.4, 0.5) is 0 Å². The summed E-state index contributed by atoms with van der Waals surface area (Å²) < 4.78 is 5.10. The van der Waals surface area contributed by atoms with Crippen molar-refractivity contribution in [2.75, 3.05) is 20.2 Å². The first-order valence-corrected chi connectivity index (χ1v) is 10.5. The van der Waals surface area contributed by atoms with Crippen molar-refractivity contribution in [2.45, 2.75) is 18.4 Å². The van der Waals surface area contributed by atoms with Crippen LogP contribution in [0.15, 0.2) is 78.9 Å². The molecule has 31 heavy (non-hydrogen) atoms. The number of benzene rings is 3. The number of nitrogens with zero attached hydrogens (tertiary/aromatic N) is 1. The summed E-state index contributed by atoms with van der Waals surface area (Å²) in [6.45, 7) is 1.02. The van der Waals surface area contributed by atoms with Gasteiger partial charge in [0, 0.05) is 19.2 Å². The van der Waals surface area contributed by atoms with Gasteiger partial charge in [-0.05, 0) is 42.0 Å². The van der Waals surface area contributed by atoms with Gasteiger partial charge in [-0.3, -0.25) is 4.79 Å². The normalized spacial score (nSPS) is 15.0. The summed E-state index contributed by atoms with van der Waals surface area (Å²) in [5.74, 6) is 0.174. The molecule has 3 aromatic carbocycles. The van der Waals surface area contributed by atoms with Crippen LogP contribution in [0.5, 0.6) is 11.5 Å². The fourth-order valence-corrected chi connectivity index (χ4v) is 4.51. The van der Waals surface area contributed by atoms with Gasteiger partial charge in [-0.25, -0.2) is 0 Å². The van der Waals surface area contributed by atoms with Crippen LogP contribution >= 0.6 is 0 Å². The molecule has 3 aromatic rings. The summed E-state index contributed by atoms with van der Waals surface area (Å²) in [6, 6.07) is 24.2. The Morgan fingerprint density at radius 2 is 1.48 bits per heavy atom. The zero-order chi connectivity index (χ0) is 21.8. The van der Waals surface area contributed by atoms with Crippen molar-refractivity contribution in [3.8, 4) is 11.5 Å². The third kappa shape index (κ3) is 4.01. The van der Waals surface area contributed by atoms with Crippen LogP contribution in [0.2, 0.25) is 0 Å². The van der Waals surface area contributed by atoms with Crippen LogP contribution in [0.3, 0.4) is 0 Å². The van der Waals surface area contributed by atoms with Crippen LogP contribution in [-0.2, 0) is 5.60 Å². The van der Waals surface area contributed by atoms with E-state index in [2.05, 4.69) is 0 Å². The molecule has 1 heterocycles. The maximum absolute atomic E-state index is 13.0. The fourth-order valence-electron chi connectivity index (χ4n) is 4.51. The van der Waals surface area contributed by atoms with E-state index in [1.165, 1.54) is 13.2 Å². The number of piperidine rings is 1. The average Bonchev–Trinajstić information content (AvgIpc) is 2.84. The highest BCUT2D eigenvalue weighted by Gasteiger charge is 2.42. The third-order valence-electron chi connectivity index (χ3n) is 6.24. The van der Waals surface area contributed by atoms with Gasteiger partial charge in [0.05, 0.1) is 12.7 Å². The first-order chi connectivity index (χ1) is 15.0. The summed E-state index contributed by atoms with van der Waals surface area (Å²) in [5.41, 5.74) is 0.859. The van der Waals surface area contributed by atoms with Crippen LogP contribution in [-0.4, -0.2) is 41.2 Å². The smallest absolute Gasteiger partial charge is 0.257 e. The van der Waals surface area contributed by atoms with E-state index in [1.54, 1.807) is 17.0 Å². The minimum Gasteiger partial charge on any atom is -0.507 e. The van der Waals surface area contributed by atoms with Gasteiger partial charge in [-0.1, -0.05) is 60.7 Å². The topological polar surface area (TPSA) is 70.0 Å². The van der Waals surface area contributed by atoms with Crippen molar-refractivity contribution < 1.29 is 19.7 Å². The van der Waals surface area contributed by atoms with Gasteiger partial charge in [-0.15, -0.1) is 0 Å². The average molecular weight is 418 g/mol. The number of phenols is 1. The van der Waals surface area contributed by atoms with Gasteiger partial charge in [0.2, 0.25) is 0 Å². The Morgan fingerprint density at radius 1 is 0.935 bits per heavy atom. The van der Waals surface area contributed by atoms with Crippen molar-refractivity contribution in [3.05, 3.63) is 95.6 Å². The number of amides is 1. The molecule has 0 unspecified atom stereocenters. The van der Waals surface area contributed by atoms with Crippen LogP contribution < -0.4 is 4.74 Å². The number of carbonyl (C=O) groups excluding carboxylic acids is 1. The maximum Gasteiger partial charge on any atom is 0.257 e. The second-order valence-corrected chi connectivity index (χ2v) is 7.95. The van der Waals surface area contributed by atoms with Crippen molar-refractivity contribution in [1.29, 1.82) is 0 Å². The zero-order valence-corrected chi connectivity index (χ0v) is 17.6. The monoisotopic (exact) mass is 417 g/mol. The van der Waals surface area contributed by atoms with Crippen molar-refractivity contribution in [3.63, 3.8) is 0 Å². The Morgan fingerprint density at radius 3 is 1.97 bits per heavy atom. The van der Waals surface area contributed by atoms with Gasteiger partial charge in [-0.2, -0.15) is 0 Å². The predicted molar refractivity (Wildman–Crippen MR) is 119 cm³/mol. The number of phenolic OH excluding ortho intramolecular Hbond substituents is 1. The molecule has 5 nitrogen and oxygen atoms in total. The Hall–Kier alpha value is -3.31. The predicted octanol–water partition coefficient (Wildman–Crippen LogP) is 4.19. The Bertz CT molecular complexity index is 988. The summed E-state index contributed by atoms with van der Waals surface area (Å²) >= 11 is 0. The van der Waals surface area contributed by atoms with E-state index in [1.807, 2.05) is 60.7 Å². The fraction of sp³-hybridized carbons (Fsp3) is 0.269. The highest BCUT2D eigenvalue weighted by Crippen LogP contribution is 2.42. The molecule has 2 N–H and O–H groups in total. The van der Waals surface area contributed by atoms with Gasteiger partial charge < -0.3 is 19.8 Å². The molecule has 0 aliphatic carbocycles. The van der Waals surface area contributed by atoms with E-state index in [0.717, 1.165) is 11.1 Å². The molecule has 0 atom stereocenters. The molecule has 1 amide bonds. The molecule has 0 aromatic heterocycles. The zero-order valence-electron chi connectivity index (χ0n) is 17.6. The molecule has 1 aliphatic heterocycles. The maximum atomic E-state index is 13.0. The number of hydrogen-bond donors (Lipinski definition) is 2. The lowest BCUT2D eigenvalue weighted by atomic mass is 9.72. The second kappa shape index (κ2) is 8.82. The van der Waals surface area contributed by atoms with Gasteiger partial charge in [0.25, 0.3) is 5.91 Å². The van der Waals surface area contributed by atoms with Crippen molar-refractivity contribution in [1.82, 2.24) is 4.90 Å². The van der Waals surface area contributed by atoms with E-state index in [-0.39, 0.29) is 23.1 Å². The summed E-state index contributed by atoms with van der Waals surface area (Å²) in [6.07, 6.45) is 1.31. The van der Waals surface area contributed by atoms with Crippen LogP contribution in [0.25, 0.3) is 0 Å². The van der Waals surface area contributed by atoms with Gasteiger partial charge >= 0.3 is 0 Å². The number of likely N-dealkylation sites (tertiary alicyclic amines) is 1. The summed E-state index contributed by atoms with van der Waals surface area (Å²) in [7, 11) is 1.52. The van der Waals surface area contributed by atoms with E-state index in [4.69, 9.17) is 4.74 Å². The minimum atomic E-state index is -1.13. The molecule has 0 radical (unpaired) electrons. The van der Waals surface area contributed by atoms with E-state index in [0.29, 0.717) is 31.7 Å². The number of rotatable bonds is 5. The molecular formula is C26H27NO4. The SMILES string of the molecule is COc1ccc(C(=O)N2CCC(C(O)(c3ccccc3)c3ccccc3)CC2)c(O)c1. The standard InChI is InChI=1S/C26H27NO4/c1-31-22-12-13-23(24(28)18-22)25(29)27-16-14-21(15-17-27)26(30,19-8-4-2-5-9-19)20-10-6-3-7-11-20/h2-13,18,21,28,30H,14-17H2,1H3. The highest BCUT2D eigenvalue weighted by molar-refractivity contribution is 5.97. The Labute approximate surface area is 182 Å². The van der Waals surface area contributed by atoms with Crippen LogP contribution in [0, 0.1) is 5.92 Å². The first kappa shape index (κ1) is 20.9. The molecule has 0 spiro atoms. The van der Waals surface area contributed by atoms with Crippen LogP contribution in [0.1, 0.15) is 34.3 Å². The Balaban J connectivity index is 1.55. The number of aliphatic hydroxyl groups is 1. The lowest BCUT2D eigenvalue weighted by molar-refractivity contribution is -0.0123. The second-order valence-electron chi connectivity index (χ2n) is 7.95. The molecule has 160 valence electrons. The number of methoxy groups -OCH3 is 1. The van der Waals surface area contributed by atoms with Gasteiger partial charge in [0.1, 0.15) is 17.1 Å². The van der Waals surface area contributed by atoms with E-state index in [9.17, 15) is 15.0 Å². The molecule has 1 aliphatic rings. The lowest BCUT2D eigenvalue weighted by Crippen LogP contribution is -2.46. The number of ether oxygens (including phenoxy) is 1. The molecule has 0 bridgehead atoms. The van der Waals surface area contributed by atoms with Crippen molar-refractivity contribution in [2.24, 2.45) is 5.92 Å². The molecule has 4 rings (SSSR count). The Kier molecular flexibility index (Phi) is 5.96. The third-order valence-corrected chi connectivity index (χ3v) is 6.24. The molecule has 1 fully saturated rings.